The Morgan fingerprint density at radius 3 is 2.92 bits per heavy atom. The van der Waals surface area contributed by atoms with Crippen LogP contribution >= 0.6 is 0 Å². The first kappa shape index (κ1) is 15.8. The molecule has 3 aromatic rings. The second-order valence-corrected chi connectivity index (χ2v) is 6.60. The maximum Gasteiger partial charge on any atom is 0.252 e. The predicted octanol–water partition coefficient (Wildman–Crippen LogP) is 2.56. The Bertz CT molecular complexity index is 888. The fourth-order valence-corrected chi connectivity index (χ4v) is 3.53. The topological polar surface area (TPSA) is 56.2 Å². The van der Waals surface area contributed by atoms with Gasteiger partial charge >= 0.3 is 0 Å². The van der Waals surface area contributed by atoms with Gasteiger partial charge in [-0.05, 0) is 42.3 Å². The summed E-state index contributed by atoms with van der Waals surface area (Å²) in [6, 6.07) is 11.9. The number of aryl methyl sites for hydroxylation is 1. The SMILES string of the molecule is Cn1ccc2c(C(=O)N[C@@H]3COC[C@H]3Cc3ccncc3)cccc21. The number of aromatic nitrogens is 2. The summed E-state index contributed by atoms with van der Waals surface area (Å²) in [6.07, 6.45) is 6.46. The molecule has 5 nitrogen and oxygen atoms in total. The molecule has 0 aliphatic carbocycles. The van der Waals surface area contributed by atoms with Crippen molar-refractivity contribution in [3.05, 3.63) is 66.1 Å². The first-order valence-corrected chi connectivity index (χ1v) is 8.54. The lowest BCUT2D eigenvalue weighted by molar-refractivity contribution is 0.0927. The van der Waals surface area contributed by atoms with E-state index < -0.39 is 0 Å². The van der Waals surface area contributed by atoms with Crippen molar-refractivity contribution in [2.75, 3.05) is 13.2 Å². The Morgan fingerprint density at radius 1 is 1.24 bits per heavy atom. The van der Waals surface area contributed by atoms with E-state index in [0.29, 0.717) is 18.8 Å². The summed E-state index contributed by atoms with van der Waals surface area (Å²) in [5.41, 5.74) is 2.99. The molecule has 1 aromatic carbocycles. The van der Waals surface area contributed by atoms with Crippen LogP contribution in [0.4, 0.5) is 0 Å². The first-order valence-electron chi connectivity index (χ1n) is 8.54. The zero-order chi connectivity index (χ0) is 17.2. The van der Waals surface area contributed by atoms with Crippen molar-refractivity contribution in [3.63, 3.8) is 0 Å². The van der Waals surface area contributed by atoms with E-state index in [9.17, 15) is 4.79 Å². The molecule has 4 rings (SSSR count). The van der Waals surface area contributed by atoms with E-state index in [1.807, 2.05) is 54.2 Å². The van der Waals surface area contributed by atoms with Gasteiger partial charge < -0.3 is 14.6 Å². The van der Waals surface area contributed by atoms with Crippen molar-refractivity contribution in [2.24, 2.45) is 13.0 Å². The molecule has 1 aliphatic heterocycles. The molecule has 128 valence electrons. The zero-order valence-electron chi connectivity index (χ0n) is 14.2. The highest BCUT2D eigenvalue weighted by atomic mass is 16.5. The van der Waals surface area contributed by atoms with Crippen molar-refractivity contribution in [1.82, 2.24) is 14.9 Å². The number of carbonyl (C=O) groups excluding carboxylic acids is 1. The molecule has 1 aliphatic rings. The highest BCUT2D eigenvalue weighted by Crippen LogP contribution is 2.22. The Hall–Kier alpha value is -2.66. The number of hydrogen-bond donors (Lipinski definition) is 1. The molecular formula is C20H21N3O2. The zero-order valence-corrected chi connectivity index (χ0v) is 14.2. The summed E-state index contributed by atoms with van der Waals surface area (Å²) >= 11 is 0. The molecule has 1 fully saturated rings. The minimum Gasteiger partial charge on any atom is -0.379 e. The van der Waals surface area contributed by atoms with Gasteiger partial charge in [-0.3, -0.25) is 9.78 Å². The number of pyridine rings is 1. The van der Waals surface area contributed by atoms with Crippen LogP contribution in [0.5, 0.6) is 0 Å². The van der Waals surface area contributed by atoms with Crippen molar-refractivity contribution < 1.29 is 9.53 Å². The van der Waals surface area contributed by atoms with Crippen LogP contribution in [-0.4, -0.2) is 34.7 Å². The number of hydrogen-bond acceptors (Lipinski definition) is 3. The average Bonchev–Trinajstić information content (AvgIpc) is 3.23. The van der Waals surface area contributed by atoms with E-state index in [-0.39, 0.29) is 17.9 Å². The third kappa shape index (κ3) is 3.15. The van der Waals surface area contributed by atoms with Crippen LogP contribution in [0.1, 0.15) is 15.9 Å². The largest absolute Gasteiger partial charge is 0.379 e. The molecule has 25 heavy (non-hydrogen) atoms. The van der Waals surface area contributed by atoms with E-state index in [0.717, 1.165) is 17.3 Å². The molecule has 0 spiro atoms. The van der Waals surface area contributed by atoms with Gasteiger partial charge in [-0.25, -0.2) is 0 Å². The maximum atomic E-state index is 12.8. The average molecular weight is 335 g/mol. The van der Waals surface area contributed by atoms with E-state index in [2.05, 4.69) is 10.3 Å². The van der Waals surface area contributed by atoms with Crippen molar-refractivity contribution in [2.45, 2.75) is 12.5 Å². The van der Waals surface area contributed by atoms with E-state index in [1.54, 1.807) is 12.4 Å². The lowest BCUT2D eigenvalue weighted by Crippen LogP contribution is -2.40. The summed E-state index contributed by atoms with van der Waals surface area (Å²) in [4.78, 5) is 16.9. The number of ether oxygens (including phenoxy) is 1. The molecule has 0 unspecified atom stereocenters. The Kier molecular flexibility index (Phi) is 4.24. The molecule has 2 aromatic heterocycles. The van der Waals surface area contributed by atoms with Gasteiger partial charge in [0.1, 0.15) is 0 Å². The monoisotopic (exact) mass is 335 g/mol. The Morgan fingerprint density at radius 2 is 2.08 bits per heavy atom. The minimum absolute atomic E-state index is 0.0274. The Balaban J connectivity index is 1.51. The summed E-state index contributed by atoms with van der Waals surface area (Å²) < 4.78 is 7.66. The molecule has 1 amide bonds. The number of fused-ring (bicyclic) bond motifs is 1. The Labute approximate surface area is 146 Å². The number of nitrogens with one attached hydrogen (secondary N) is 1. The number of carbonyl (C=O) groups is 1. The predicted molar refractivity (Wildman–Crippen MR) is 96.4 cm³/mol. The van der Waals surface area contributed by atoms with Crippen LogP contribution < -0.4 is 5.32 Å². The second-order valence-electron chi connectivity index (χ2n) is 6.60. The second kappa shape index (κ2) is 6.69. The molecular weight excluding hydrogens is 314 g/mol. The van der Waals surface area contributed by atoms with Crippen molar-refractivity contribution in [3.8, 4) is 0 Å². The fraction of sp³-hybridized carbons (Fsp3) is 0.300. The third-order valence-electron chi connectivity index (χ3n) is 4.93. The molecule has 1 N–H and O–H groups in total. The highest BCUT2D eigenvalue weighted by Gasteiger charge is 2.30. The van der Waals surface area contributed by atoms with Crippen LogP contribution in [0.15, 0.2) is 55.0 Å². The molecule has 3 heterocycles. The number of benzene rings is 1. The molecule has 0 bridgehead atoms. The first-order chi connectivity index (χ1) is 12.2. The molecule has 5 heteroatoms. The van der Waals surface area contributed by atoms with Gasteiger partial charge in [-0.1, -0.05) is 6.07 Å². The smallest absolute Gasteiger partial charge is 0.252 e. The summed E-state index contributed by atoms with van der Waals surface area (Å²) in [5, 5.41) is 4.16. The van der Waals surface area contributed by atoms with Gasteiger partial charge in [-0.2, -0.15) is 0 Å². The van der Waals surface area contributed by atoms with E-state index in [1.165, 1.54) is 5.56 Å². The van der Waals surface area contributed by atoms with Gasteiger partial charge in [-0.15, -0.1) is 0 Å². The lowest BCUT2D eigenvalue weighted by atomic mass is 9.95. The summed E-state index contributed by atoms with van der Waals surface area (Å²) in [5.74, 6) is 0.244. The van der Waals surface area contributed by atoms with Crippen LogP contribution in [0, 0.1) is 5.92 Å². The molecule has 1 saturated heterocycles. The lowest BCUT2D eigenvalue weighted by Gasteiger charge is -2.19. The number of rotatable bonds is 4. The highest BCUT2D eigenvalue weighted by molar-refractivity contribution is 6.06. The van der Waals surface area contributed by atoms with E-state index in [4.69, 9.17) is 4.74 Å². The normalized spacial score (nSPS) is 20.0. The van der Waals surface area contributed by atoms with Gasteiger partial charge in [0.2, 0.25) is 0 Å². The number of nitrogens with zero attached hydrogens (tertiary/aromatic N) is 2. The van der Waals surface area contributed by atoms with Crippen LogP contribution in [0.3, 0.4) is 0 Å². The fourth-order valence-electron chi connectivity index (χ4n) is 3.53. The quantitative estimate of drug-likeness (QED) is 0.797. The summed E-state index contributed by atoms with van der Waals surface area (Å²) in [6.45, 7) is 1.23. The molecule has 0 saturated carbocycles. The van der Waals surface area contributed by atoms with Crippen molar-refractivity contribution >= 4 is 16.8 Å². The summed E-state index contributed by atoms with van der Waals surface area (Å²) in [7, 11) is 1.99. The van der Waals surface area contributed by atoms with Crippen LogP contribution in [0.2, 0.25) is 0 Å². The van der Waals surface area contributed by atoms with Gasteiger partial charge in [0.15, 0.2) is 0 Å². The van der Waals surface area contributed by atoms with Crippen LogP contribution in [0.25, 0.3) is 10.9 Å². The molecule has 2 atom stereocenters. The standard InChI is InChI=1S/C20H21N3O2/c1-23-10-7-16-17(3-2-4-19(16)23)20(24)22-18-13-25-12-15(18)11-14-5-8-21-9-6-14/h2-10,15,18H,11-13H2,1H3,(H,22,24)/t15-,18-/m1/s1. The minimum atomic E-state index is -0.0352. The third-order valence-corrected chi connectivity index (χ3v) is 4.93. The van der Waals surface area contributed by atoms with Crippen LogP contribution in [-0.2, 0) is 18.2 Å². The van der Waals surface area contributed by atoms with E-state index >= 15 is 0 Å². The van der Waals surface area contributed by atoms with Gasteiger partial charge in [0.25, 0.3) is 5.91 Å². The van der Waals surface area contributed by atoms with Gasteiger partial charge in [0, 0.05) is 48.0 Å². The van der Waals surface area contributed by atoms with Gasteiger partial charge in [0.05, 0.1) is 19.3 Å². The maximum absolute atomic E-state index is 12.8. The number of amides is 1. The van der Waals surface area contributed by atoms with Crippen molar-refractivity contribution in [1.29, 1.82) is 0 Å². The molecule has 0 radical (unpaired) electrons.